The molecular weight excluding hydrogens is 366 g/mol. The standard InChI is InChI=1S/C19H27N3O4S/c1-14-6-4-5-12-22(14)27(25,26)16-9-7-15(8-10-16)17(23)21-13-11-20-18(24)19(21,2)3/h7-10,14H,4-6,11-13H2,1-3H3,(H,20,24). The molecule has 0 saturated carbocycles. The second-order valence-corrected chi connectivity index (χ2v) is 9.65. The predicted molar refractivity (Wildman–Crippen MR) is 102 cm³/mol. The van der Waals surface area contributed by atoms with Gasteiger partial charge in [-0.3, -0.25) is 9.59 Å². The Morgan fingerprint density at radius 1 is 1.15 bits per heavy atom. The molecule has 2 aliphatic heterocycles. The van der Waals surface area contributed by atoms with Gasteiger partial charge in [0.2, 0.25) is 15.9 Å². The number of hydrogen-bond acceptors (Lipinski definition) is 4. The van der Waals surface area contributed by atoms with Gasteiger partial charge in [-0.1, -0.05) is 6.42 Å². The summed E-state index contributed by atoms with van der Waals surface area (Å²) in [5.41, 5.74) is -0.563. The third-order valence-electron chi connectivity index (χ3n) is 5.55. The van der Waals surface area contributed by atoms with Gasteiger partial charge in [0, 0.05) is 31.2 Å². The lowest BCUT2D eigenvalue weighted by molar-refractivity contribution is -0.133. The molecule has 2 fully saturated rings. The molecule has 0 aliphatic carbocycles. The fourth-order valence-corrected chi connectivity index (χ4v) is 5.44. The van der Waals surface area contributed by atoms with Gasteiger partial charge < -0.3 is 10.2 Å². The van der Waals surface area contributed by atoms with Gasteiger partial charge in [-0.25, -0.2) is 8.42 Å². The van der Waals surface area contributed by atoms with E-state index >= 15 is 0 Å². The zero-order valence-corrected chi connectivity index (χ0v) is 16.9. The normalized spacial score (nSPS) is 23.7. The van der Waals surface area contributed by atoms with E-state index in [1.807, 2.05) is 6.92 Å². The lowest BCUT2D eigenvalue weighted by Gasteiger charge is -2.41. The minimum atomic E-state index is -3.57. The Kier molecular flexibility index (Phi) is 5.31. The number of carbonyl (C=O) groups is 2. The van der Waals surface area contributed by atoms with E-state index in [-0.39, 0.29) is 22.8 Å². The van der Waals surface area contributed by atoms with E-state index < -0.39 is 15.6 Å². The summed E-state index contributed by atoms with van der Waals surface area (Å²) < 4.78 is 27.4. The largest absolute Gasteiger partial charge is 0.352 e. The van der Waals surface area contributed by atoms with Gasteiger partial charge in [-0.2, -0.15) is 4.31 Å². The highest BCUT2D eigenvalue weighted by molar-refractivity contribution is 7.89. The van der Waals surface area contributed by atoms with Gasteiger partial charge in [-0.15, -0.1) is 0 Å². The van der Waals surface area contributed by atoms with Crippen LogP contribution < -0.4 is 5.32 Å². The molecule has 148 valence electrons. The first-order valence-electron chi connectivity index (χ1n) is 9.38. The topological polar surface area (TPSA) is 86.8 Å². The summed E-state index contributed by atoms with van der Waals surface area (Å²) in [6.07, 6.45) is 2.77. The molecule has 1 N–H and O–H groups in total. The Bertz CT molecular complexity index is 833. The van der Waals surface area contributed by atoms with Gasteiger partial charge >= 0.3 is 0 Å². The fourth-order valence-electron chi connectivity index (χ4n) is 3.74. The highest BCUT2D eigenvalue weighted by Gasteiger charge is 2.40. The van der Waals surface area contributed by atoms with Crippen molar-refractivity contribution in [2.75, 3.05) is 19.6 Å². The molecule has 27 heavy (non-hydrogen) atoms. The number of amides is 2. The summed E-state index contributed by atoms with van der Waals surface area (Å²) in [6, 6.07) is 6.03. The quantitative estimate of drug-likeness (QED) is 0.845. The van der Waals surface area contributed by atoms with E-state index in [9.17, 15) is 18.0 Å². The molecule has 1 unspecified atom stereocenters. The van der Waals surface area contributed by atoms with E-state index in [0.29, 0.717) is 25.2 Å². The van der Waals surface area contributed by atoms with Crippen molar-refractivity contribution in [2.45, 2.75) is 56.5 Å². The molecular formula is C19H27N3O4S. The molecule has 1 atom stereocenters. The number of carbonyl (C=O) groups excluding carboxylic acids is 2. The Hall–Kier alpha value is -1.93. The van der Waals surface area contributed by atoms with Crippen LogP contribution in [0.3, 0.4) is 0 Å². The third-order valence-corrected chi connectivity index (χ3v) is 7.57. The molecule has 0 radical (unpaired) electrons. The van der Waals surface area contributed by atoms with E-state index in [1.54, 1.807) is 18.2 Å². The van der Waals surface area contributed by atoms with E-state index in [4.69, 9.17) is 0 Å². The molecule has 2 amide bonds. The van der Waals surface area contributed by atoms with Crippen LogP contribution >= 0.6 is 0 Å². The van der Waals surface area contributed by atoms with Crippen molar-refractivity contribution in [2.24, 2.45) is 0 Å². The SMILES string of the molecule is CC1CCCCN1S(=O)(=O)c1ccc(C(=O)N2CCNC(=O)C2(C)C)cc1. The highest BCUT2D eigenvalue weighted by atomic mass is 32.2. The molecule has 1 aromatic carbocycles. The minimum absolute atomic E-state index is 0.0160. The van der Waals surface area contributed by atoms with Crippen LogP contribution in [-0.2, 0) is 14.8 Å². The Morgan fingerprint density at radius 3 is 2.44 bits per heavy atom. The minimum Gasteiger partial charge on any atom is -0.352 e. The van der Waals surface area contributed by atoms with Crippen molar-refractivity contribution >= 4 is 21.8 Å². The van der Waals surface area contributed by atoms with Gasteiger partial charge in [0.15, 0.2) is 0 Å². The molecule has 3 rings (SSSR count). The summed E-state index contributed by atoms with van der Waals surface area (Å²) in [6.45, 7) is 6.70. The number of nitrogens with one attached hydrogen (secondary N) is 1. The number of rotatable bonds is 3. The van der Waals surface area contributed by atoms with Crippen LogP contribution in [0.2, 0.25) is 0 Å². The lowest BCUT2D eigenvalue weighted by Crippen LogP contribution is -2.63. The molecule has 8 heteroatoms. The zero-order valence-electron chi connectivity index (χ0n) is 16.1. The number of piperidine rings is 1. The van der Waals surface area contributed by atoms with Crippen LogP contribution in [0.15, 0.2) is 29.2 Å². The maximum absolute atomic E-state index is 12.9. The smallest absolute Gasteiger partial charge is 0.254 e. The fraction of sp³-hybridized carbons (Fsp3) is 0.579. The molecule has 2 aliphatic rings. The van der Waals surface area contributed by atoms with Gasteiger partial charge in [0.1, 0.15) is 5.54 Å². The maximum atomic E-state index is 12.9. The number of sulfonamides is 1. The Balaban J connectivity index is 1.83. The molecule has 2 saturated heterocycles. The Labute approximate surface area is 160 Å². The third kappa shape index (κ3) is 3.60. The van der Waals surface area contributed by atoms with Crippen molar-refractivity contribution in [1.29, 1.82) is 0 Å². The average molecular weight is 394 g/mol. The van der Waals surface area contributed by atoms with Crippen LogP contribution in [0.25, 0.3) is 0 Å². The average Bonchev–Trinajstić information content (AvgIpc) is 2.64. The highest BCUT2D eigenvalue weighted by Crippen LogP contribution is 2.26. The van der Waals surface area contributed by atoms with E-state index in [0.717, 1.165) is 19.3 Å². The maximum Gasteiger partial charge on any atom is 0.254 e. The van der Waals surface area contributed by atoms with E-state index in [2.05, 4.69) is 5.32 Å². The van der Waals surface area contributed by atoms with Crippen LogP contribution in [0, 0.1) is 0 Å². The molecule has 2 heterocycles. The first kappa shape index (κ1) is 19.8. The molecule has 0 spiro atoms. The van der Waals surface area contributed by atoms with Crippen molar-refractivity contribution in [1.82, 2.24) is 14.5 Å². The lowest BCUT2D eigenvalue weighted by atomic mass is 9.97. The monoisotopic (exact) mass is 393 g/mol. The van der Waals surface area contributed by atoms with Crippen molar-refractivity contribution in [3.05, 3.63) is 29.8 Å². The number of piperazine rings is 1. The molecule has 0 aromatic heterocycles. The van der Waals surface area contributed by atoms with Crippen LogP contribution in [-0.4, -0.2) is 60.7 Å². The van der Waals surface area contributed by atoms with Crippen LogP contribution in [0.1, 0.15) is 50.4 Å². The van der Waals surface area contributed by atoms with Crippen molar-refractivity contribution in [3.63, 3.8) is 0 Å². The van der Waals surface area contributed by atoms with Crippen molar-refractivity contribution < 1.29 is 18.0 Å². The molecule has 7 nitrogen and oxygen atoms in total. The second-order valence-electron chi connectivity index (χ2n) is 7.76. The zero-order chi connectivity index (χ0) is 19.8. The first-order chi connectivity index (χ1) is 12.7. The summed E-state index contributed by atoms with van der Waals surface area (Å²) >= 11 is 0. The first-order valence-corrected chi connectivity index (χ1v) is 10.8. The van der Waals surface area contributed by atoms with Crippen molar-refractivity contribution in [3.8, 4) is 0 Å². The Morgan fingerprint density at radius 2 is 1.81 bits per heavy atom. The number of benzene rings is 1. The van der Waals surface area contributed by atoms with E-state index in [1.165, 1.54) is 29.2 Å². The predicted octanol–water partition coefficient (Wildman–Crippen LogP) is 1.60. The summed E-state index contributed by atoms with van der Waals surface area (Å²) in [7, 11) is -3.57. The summed E-state index contributed by atoms with van der Waals surface area (Å²) in [5, 5.41) is 2.76. The molecule has 0 bridgehead atoms. The number of nitrogens with zero attached hydrogens (tertiary/aromatic N) is 2. The van der Waals surface area contributed by atoms with Crippen LogP contribution in [0.4, 0.5) is 0 Å². The van der Waals surface area contributed by atoms with Gasteiger partial charge in [0.25, 0.3) is 5.91 Å². The molecule has 1 aromatic rings. The summed E-state index contributed by atoms with van der Waals surface area (Å²) in [4.78, 5) is 26.7. The van der Waals surface area contributed by atoms with Gasteiger partial charge in [-0.05, 0) is 57.9 Å². The van der Waals surface area contributed by atoms with Crippen LogP contribution in [0.5, 0.6) is 0 Å². The van der Waals surface area contributed by atoms with Gasteiger partial charge in [0.05, 0.1) is 4.90 Å². The summed E-state index contributed by atoms with van der Waals surface area (Å²) in [5.74, 6) is -0.467. The second kappa shape index (κ2) is 7.24. The number of hydrogen-bond donors (Lipinski definition) is 1.